The van der Waals surface area contributed by atoms with Gasteiger partial charge in [-0.05, 0) is 25.3 Å². The highest BCUT2D eigenvalue weighted by Crippen LogP contribution is 2.21. The zero-order valence-corrected chi connectivity index (χ0v) is 7.81. The Bertz CT molecular complexity index is 307. The van der Waals surface area contributed by atoms with E-state index in [2.05, 4.69) is 0 Å². The quantitative estimate of drug-likeness (QED) is 0.714. The molecule has 0 spiro atoms. The van der Waals surface area contributed by atoms with Crippen molar-refractivity contribution in [2.24, 2.45) is 0 Å². The molecule has 3 heteroatoms. The fourth-order valence-electron chi connectivity index (χ4n) is 0.989. The lowest BCUT2D eigenvalue weighted by molar-refractivity contribution is 0.0693. The highest BCUT2D eigenvalue weighted by Gasteiger charge is 2.08. The molecule has 0 aliphatic carbocycles. The summed E-state index contributed by atoms with van der Waals surface area (Å²) in [6.07, 6.45) is 1.87. The van der Waals surface area contributed by atoms with Crippen LogP contribution in [0.25, 0.3) is 0 Å². The van der Waals surface area contributed by atoms with E-state index < -0.39 is 5.97 Å². The van der Waals surface area contributed by atoms with Crippen molar-refractivity contribution in [2.75, 3.05) is 6.26 Å². The molecule has 0 unspecified atom stereocenters. The molecule has 0 aliphatic heterocycles. The summed E-state index contributed by atoms with van der Waals surface area (Å²) in [5, 5.41) is 8.81. The fourth-order valence-corrected chi connectivity index (χ4v) is 1.56. The third kappa shape index (κ3) is 1.80. The highest BCUT2D eigenvalue weighted by atomic mass is 32.2. The normalized spacial score (nSPS) is 9.83. The predicted octanol–water partition coefficient (Wildman–Crippen LogP) is 2.42. The maximum Gasteiger partial charge on any atom is 0.336 e. The topological polar surface area (TPSA) is 37.3 Å². The van der Waals surface area contributed by atoms with E-state index in [1.165, 1.54) is 11.8 Å². The van der Waals surface area contributed by atoms with Gasteiger partial charge in [-0.3, -0.25) is 0 Å². The van der Waals surface area contributed by atoms with Crippen LogP contribution in [0.1, 0.15) is 15.9 Å². The largest absolute Gasteiger partial charge is 0.478 e. The predicted molar refractivity (Wildman–Crippen MR) is 49.9 cm³/mol. The minimum atomic E-state index is -0.858. The summed E-state index contributed by atoms with van der Waals surface area (Å²) in [4.78, 5) is 11.5. The van der Waals surface area contributed by atoms with E-state index in [1.807, 2.05) is 25.3 Å². The summed E-state index contributed by atoms with van der Waals surface area (Å²) in [7, 11) is 0. The van der Waals surface area contributed by atoms with Gasteiger partial charge in [-0.2, -0.15) is 0 Å². The van der Waals surface area contributed by atoms with Crippen molar-refractivity contribution in [2.45, 2.75) is 11.8 Å². The molecule has 1 N–H and O–H groups in total. The van der Waals surface area contributed by atoms with Gasteiger partial charge in [0.05, 0.1) is 5.56 Å². The molecular weight excluding hydrogens is 172 g/mol. The van der Waals surface area contributed by atoms with Crippen molar-refractivity contribution in [1.82, 2.24) is 0 Å². The van der Waals surface area contributed by atoms with Crippen molar-refractivity contribution in [3.8, 4) is 0 Å². The van der Waals surface area contributed by atoms with Crippen LogP contribution in [0.15, 0.2) is 23.1 Å². The smallest absolute Gasteiger partial charge is 0.336 e. The van der Waals surface area contributed by atoms with E-state index in [0.29, 0.717) is 5.56 Å². The van der Waals surface area contributed by atoms with Gasteiger partial charge in [0.15, 0.2) is 0 Å². The number of aryl methyl sites for hydroxylation is 1. The molecular formula is C9H10O2S. The summed E-state index contributed by atoms with van der Waals surface area (Å²) in [5.74, 6) is -0.858. The second-order valence-corrected chi connectivity index (χ2v) is 3.36. The molecule has 64 valence electrons. The third-order valence-corrected chi connectivity index (χ3v) is 2.38. The van der Waals surface area contributed by atoms with Gasteiger partial charge < -0.3 is 5.11 Å². The van der Waals surface area contributed by atoms with E-state index in [4.69, 9.17) is 5.11 Å². The lowest BCUT2D eigenvalue weighted by atomic mass is 10.1. The molecule has 1 rings (SSSR count). The van der Waals surface area contributed by atoms with Crippen LogP contribution in [0.2, 0.25) is 0 Å². The van der Waals surface area contributed by atoms with Crippen LogP contribution in [0, 0.1) is 6.92 Å². The van der Waals surface area contributed by atoms with Crippen LogP contribution >= 0.6 is 11.8 Å². The van der Waals surface area contributed by atoms with Crippen molar-refractivity contribution < 1.29 is 9.90 Å². The molecule has 0 bridgehead atoms. The van der Waals surface area contributed by atoms with Crippen molar-refractivity contribution in [3.63, 3.8) is 0 Å². The first kappa shape index (κ1) is 9.13. The monoisotopic (exact) mass is 182 g/mol. The van der Waals surface area contributed by atoms with E-state index >= 15 is 0 Å². The fraction of sp³-hybridized carbons (Fsp3) is 0.222. The highest BCUT2D eigenvalue weighted by molar-refractivity contribution is 7.98. The lowest BCUT2D eigenvalue weighted by Gasteiger charge is -2.02. The van der Waals surface area contributed by atoms with Crippen LogP contribution < -0.4 is 0 Å². The molecule has 0 aromatic heterocycles. The van der Waals surface area contributed by atoms with Crippen molar-refractivity contribution >= 4 is 17.7 Å². The van der Waals surface area contributed by atoms with Crippen LogP contribution in [-0.4, -0.2) is 17.3 Å². The van der Waals surface area contributed by atoms with Crippen LogP contribution in [0.5, 0.6) is 0 Å². The third-order valence-electron chi connectivity index (χ3n) is 1.59. The molecule has 0 saturated carbocycles. The average molecular weight is 182 g/mol. The maximum absolute atomic E-state index is 10.7. The molecule has 1 aromatic rings. The Hall–Kier alpha value is -0.960. The van der Waals surface area contributed by atoms with Crippen molar-refractivity contribution in [3.05, 3.63) is 29.3 Å². The number of hydrogen-bond donors (Lipinski definition) is 1. The van der Waals surface area contributed by atoms with Gasteiger partial charge in [-0.25, -0.2) is 4.79 Å². The number of rotatable bonds is 2. The summed E-state index contributed by atoms with van der Waals surface area (Å²) in [6.45, 7) is 1.89. The number of carbonyl (C=O) groups is 1. The molecule has 2 nitrogen and oxygen atoms in total. The molecule has 0 heterocycles. The Kier molecular flexibility index (Phi) is 2.76. The minimum Gasteiger partial charge on any atom is -0.478 e. The number of carboxylic acid groups (broad SMARTS) is 1. The molecule has 0 atom stereocenters. The molecule has 0 amide bonds. The summed E-state index contributed by atoms with van der Waals surface area (Å²) < 4.78 is 0. The minimum absolute atomic E-state index is 0.391. The zero-order chi connectivity index (χ0) is 9.14. The van der Waals surface area contributed by atoms with E-state index in [-0.39, 0.29) is 0 Å². The maximum atomic E-state index is 10.7. The standard InChI is InChI=1S/C9H10O2S/c1-6-3-4-8(12-2)7(5-6)9(10)11/h3-5H,1-2H3,(H,10,11). The SMILES string of the molecule is CSc1ccc(C)cc1C(=O)O. The van der Waals surface area contributed by atoms with Crippen LogP contribution in [-0.2, 0) is 0 Å². The number of thioether (sulfide) groups is 1. The van der Waals surface area contributed by atoms with Gasteiger partial charge in [0.1, 0.15) is 0 Å². The molecule has 0 aliphatic rings. The number of benzene rings is 1. The molecule has 0 fully saturated rings. The van der Waals surface area contributed by atoms with Crippen LogP contribution in [0.4, 0.5) is 0 Å². The number of hydrogen-bond acceptors (Lipinski definition) is 2. The molecule has 0 radical (unpaired) electrons. The zero-order valence-electron chi connectivity index (χ0n) is 7.00. The first-order chi connectivity index (χ1) is 5.65. The van der Waals surface area contributed by atoms with Gasteiger partial charge in [-0.15, -0.1) is 11.8 Å². The van der Waals surface area contributed by atoms with Gasteiger partial charge in [0.25, 0.3) is 0 Å². The van der Waals surface area contributed by atoms with Gasteiger partial charge in [0.2, 0.25) is 0 Å². The van der Waals surface area contributed by atoms with Gasteiger partial charge >= 0.3 is 5.97 Å². The first-order valence-corrected chi connectivity index (χ1v) is 4.75. The Morgan fingerprint density at radius 1 is 1.50 bits per heavy atom. The van der Waals surface area contributed by atoms with E-state index in [1.54, 1.807) is 6.07 Å². The Labute approximate surface area is 75.6 Å². The number of carboxylic acids is 1. The molecule has 12 heavy (non-hydrogen) atoms. The second-order valence-electron chi connectivity index (χ2n) is 2.51. The summed E-state index contributed by atoms with van der Waals surface area (Å²) in [6, 6.07) is 5.44. The summed E-state index contributed by atoms with van der Waals surface area (Å²) >= 11 is 1.45. The number of aromatic carboxylic acids is 1. The Morgan fingerprint density at radius 3 is 2.67 bits per heavy atom. The first-order valence-electron chi connectivity index (χ1n) is 3.53. The van der Waals surface area contributed by atoms with Crippen LogP contribution in [0.3, 0.4) is 0 Å². The van der Waals surface area contributed by atoms with Gasteiger partial charge in [0, 0.05) is 4.90 Å². The van der Waals surface area contributed by atoms with E-state index in [0.717, 1.165) is 10.5 Å². The van der Waals surface area contributed by atoms with Gasteiger partial charge in [-0.1, -0.05) is 11.6 Å². The Balaban J connectivity index is 3.21. The molecule has 0 saturated heterocycles. The summed E-state index contributed by atoms with van der Waals surface area (Å²) in [5.41, 5.74) is 1.37. The van der Waals surface area contributed by atoms with Crippen molar-refractivity contribution in [1.29, 1.82) is 0 Å². The Morgan fingerprint density at radius 2 is 2.17 bits per heavy atom. The lowest BCUT2D eigenvalue weighted by Crippen LogP contribution is -1.98. The average Bonchev–Trinajstić information content (AvgIpc) is 2.04. The van der Waals surface area contributed by atoms with E-state index in [9.17, 15) is 4.79 Å². The second kappa shape index (κ2) is 3.63. The molecule has 1 aromatic carbocycles.